The van der Waals surface area contributed by atoms with E-state index in [9.17, 15) is 9.59 Å². The number of carbonyl (C=O) groups is 2. The topological polar surface area (TPSA) is 58.6 Å². The van der Waals surface area contributed by atoms with Crippen molar-refractivity contribution in [3.8, 4) is 0 Å². The molecule has 1 aromatic rings. The Hall–Kier alpha value is -2.04. The number of amides is 2. The van der Waals surface area contributed by atoms with E-state index in [2.05, 4.69) is 53.1 Å². The summed E-state index contributed by atoms with van der Waals surface area (Å²) >= 11 is 0. The highest BCUT2D eigenvalue weighted by atomic mass is 16.5. The molecule has 0 unspecified atom stereocenters. The fourth-order valence-corrected chi connectivity index (χ4v) is 5.44. The number of nitrogens with one attached hydrogen (secondary N) is 1. The van der Waals surface area contributed by atoms with Crippen molar-refractivity contribution in [3.63, 3.8) is 0 Å². The second kappa shape index (κ2) is 5.73. The molecule has 1 N–H and O–H groups in total. The number of hydrogen-bond donors (Lipinski definition) is 1. The predicted molar refractivity (Wildman–Crippen MR) is 98.8 cm³/mol. The van der Waals surface area contributed by atoms with E-state index in [4.69, 9.17) is 0 Å². The molecule has 140 valence electrons. The van der Waals surface area contributed by atoms with Crippen LogP contribution in [0.5, 0.6) is 0 Å². The van der Waals surface area contributed by atoms with Gasteiger partial charge >= 0.3 is 6.09 Å². The number of piperidine rings is 1. The standard InChI is InChI=1S/C21H28N2O3/c1-13-7-5-6-8-15(13)17-16-11-23(12-21(16,17)3)18(24)14-9-20(2,10-14)22-19(25)26-4/h5-8,14,16-17H,9-12H2,1-4H3,(H,22,25)/t14-,16-,17-,20+,21-/m0/s1. The lowest BCUT2D eigenvalue weighted by molar-refractivity contribution is -0.140. The van der Waals surface area contributed by atoms with Gasteiger partial charge in [0.25, 0.3) is 0 Å². The molecule has 0 spiro atoms. The van der Waals surface area contributed by atoms with Crippen molar-refractivity contribution in [1.29, 1.82) is 0 Å². The molecule has 2 saturated carbocycles. The average Bonchev–Trinajstić information content (AvgIpc) is 2.97. The summed E-state index contributed by atoms with van der Waals surface area (Å²) in [5, 5.41) is 2.85. The Morgan fingerprint density at radius 3 is 2.50 bits per heavy atom. The highest BCUT2D eigenvalue weighted by Gasteiger charge is 2.67. The summed E-state index contributed by atoms with van der Waals surface area (Å²) in [6, 6.07) is 8.63. The lowest BCUT2D eigenvalue weighted by Crippen LogP contribution is -2.58. The number of likely N-dealkylation sites (tertiary alicyclic amines) is 1. The van der Waals surface area contributed by atoms with Gasteiger partial charge in [-0.25, -0.2) is 4.79 Å². The van der Waals surface area contributed by atoms with Crippen LogP contribution in [0.25, 0.3) is 0 Å². The van der Waals surface area contributed by atoms with Crippen LogP contribution in [-0.2, 0) is 9.53 Å². The van der Waals surface area contributed by atoms with Crippen LogP contribution in [0.15, 0.2) is 24.3 Å². The lowest BCUT2D eigenvalue weighted by atomic mass is 9.69. The number of rotatable bonds is 3. The van der Waals surface area contributed by atoms with E-state index in [-0.39, 0.29) is 22.8 Å². The number of hydrogen-bond acceptors (Lipinski definition) is 3. The molecule has 2 aliphatic carbocycles. The second-order valence-electron chi connectivity index (χ2n) is 8.95. The number of fused-ring (bicyclic) bond motifs is 1. The maximum Gasteiger partial charge on any atom is 0.407 e. The van der Waals surface area contributed by atoms with E-state index in [1.165, 1.54) is 18.2 Å². The Kier molecular flexibility index (Phi) is 3.83. The maximum absolute atomic E-state index is 12.9. The summed E-state index contributed by atoms with van der Waals surface area (Å²) in [7, 11) is 1.36. The number of carbonyl (C=O) groups excluding carboxylic acids is 2. The van der Waals surface area contributed by atoms with Crippen LogP contribution in [-0.4, -0.2) is 42.6 Å². The van der Waals surface area contributed by atoms with Gasteiger partial charge in [0.05, 0.1) is 7.11 Å². The second-order valence-corrected chi connectivity index (χ2v) is 8.95. The smallest absolute Gasteiger partial charge is 0.407 e. The average molecular weight is 356 g/mol. The highest BCUT2D eigenvalue weighted by Crippen LogP contribution is 2.68. The molecule has 4 rings (SSSR count). The minimum Gasteiger partial charge on any atom is -0.453 e. The Labute approximate surface area is 155 Å². The Morgan fingerprint density at radius 2 is 1.92 bits per heavy atom. The third kappa shape index (κ3) is 2.60. The summed E-state index contributed by atoms with van der Waals surface area (Å²) in [4.78, 5) is 26.3. The molecule has 5 nitrogen and oxygen atoms in total. The minimum atomic E-state index is -0.422. The minimum absolute atomic E-state index is 0.0233. The van der Waals surface area contributed by atoms with Gasteiger partial charge in [-0.2, -0.15) is 0 Å². The summed E-state index contributed by atoms with van der Waals surface area (Å²) in [6.07, 6.45) is 0.967. The molecular formula is C21H28N2O3. The van der Waals surface area contributed by atoms with Gasteiger partial charge in [0.1, 0.15) is 0 Å². The zero-order valence-corrected chi connectivity index (χ0v) is 16.0. The van der Waals surface area contributed by atoms with Crippen LogP contribution in [0.2, 0.25) is 0 Å². The van der Waals surface area contributed by atoms with Crippen LogP contribution >= 0.6 is 0 Å². The Balaban J connectivity index is 1.35. The van der Waals surface area contributed by atoms with Gasteiger partial charge in [-0.05, 0) is 55.1 Å². The van der Waals surface area contributed by atoms with E-state index < -0.39 is 6.09 Å². The molecule has 26 heavy (non-hydrogen) atoms. The van der Waals surface area contributed by atoms with Crippen LogP contribution in [0.4, 0.5) is 4.79 Å². The molecule has 0 aromatic heterocycles. The van der Waals surface area contributed by atoms with E-state index in [0.717, 1.165) is 13.1 Å². The molecule has 3 fully saturated rings. The number of aryl methyl sites for hydroxylation is 1. The SMILES string of the molecule is COC(=O)N[C@]1(C)C[C@H](C(=O)N2C[C@H]3[C@H](c4ccccc4C)[C@@]3(C)C2)C1. The van der Waals surface area contributed by atoms with Gasteiger partial charge in [-0.1, -0.05) is 31.2 Å². The Morgan fingerprint density at radius 1 is 1.23 bits per heavy atom. The predicted octanol–water partition coefficient (Wildman–Crippen LogP) is 3.08. The van der Waals surface area contributed by atoms with Crippen molar-refractivity contribution in [2.75, 3.05) is 20.2 Å². The first-order valence-electron chi connectivity index (χ1n) is 9.48. The summed E-state index contributed by atoms with van der Waals surface area (Å²) in [6.45, 7) is 8.20. The van der Waals surface area contributed by atoms with Gasteiger partial charge in [-0.15, -0.1) is 0 Å². The van der Waals surface area contributed by atoms with E-state index in [1.54, 1.807) is 0 Å². The maximum atomic E-state index is 12.9. The summed E-state index contributed by atoms with van der Waals surface area (Å²) < 4.78 is 4.67. The molecular weight excluding hydrogens is 328 g/mol. The van der Waals surface area contributed by atoms with E-state index >= 15 is 0 Å². The quantitative estimate of drug-likeness (QED) is 0.905. The third-order valence-electron chi connectivity index (χ3n) is 6.97. The zero-order valence-electron chi connectivity index (χ0n) is 16.0. The molecule has 0 radical (unpaired) electrons. The van der Waals surface area contributed by atoms with Crippen molar-refractivity contribution in [2.24, 2.45) is 17.3 Å². The first-order valence-corrected chi connectivity index (χ1v) is 9.48. The van der Waals surface area contributed by atoms with Crippen LogP contribution in [0.3, 0.4) is 0 Å². The number of alkyl carbamates (subject to hydrolysis) is 1. The number of benzene rings is 1. The van der Waals surface area contributed by atoms with Crippen LogP contribution in [0.1, 0.15) is 43.7 Å². The first-order chi connectivity index (χ1) is 12.3. The molecule has 1 aliphatic heterocycles. The van der Waals surface area contributed by atoms with Gasteiger partial charge in [0, 0.05) is 24.5 Å². The van der Waals surface area contributed by atoms with E-state index in [0.29, 0.717) is 24.7 Å². The van der Waals surface area contributed by atoms with Gasteiger partial charge < -0.3 is 15.0 Å². The lowest BCUT2D eigenvalue weighted by Gasteiger charge is -2.45. The Bertz CT molecular complexity index is 755. The number of methoxy groups -OCH3 is 1. The van der Waals surface area contributed by atoms with Crippen molar-refractivity contribution >= 4 is 12.0 Å². The molecule has 3 aliphatic rings. The van der Waals surface area contributed by atoms with Crippen molar-refractivity contribution in [1.82, 2.24) is 10.2 Å². The van der Waals surface area contributed by atoms with Gasteiger partial charge in [0.2, 0.25) is 5.91 Å². The molecule has 0 bridgehead atoms. The molecule has 3 atom stereocenters. The van der Waals surface area contributed by atoms with Gasteiger partial charge in [-0.3, -0.25) is 4.79 Å². The zero-order chi connectivity index (χ0) is 18.7. The monoisotopic (exact) mass is 356 g/mol. The van der Waals surface area contributed by atoms with Crippen molar-refractivity contribution < 1.29 is 14.3 Å². The van der Waals surface area contributed by atoms with Crippen LogP contribution in [0, 0.1) is 24.2 Å². The normalized spacial score (nSPS) is 37.5. The number of ether oxygens (including phenoxy) is 1. The molecule has 1 aromatic carbocycles. The third-order valence-corrected chi connectivity index (χ3v) is 6.97. The summed E-state index contributed by atoms with van der Waals surface area (Å²) in [5.74, 6) is 1.44. The summed E-state index contributed by atoms with van der Waals surface area (Å²) in [5.41, 5.74) is 2.71. The fraction of sp³-hybridized carbons (Fsp3) is 0.619. The first kappa shape index (κ1) is 17.4. The van der Waals surface area contributed by atoms with Crippen molar-refractivity contribution in [3.05, 3.63) is 35.4 Å². The molecule has 5 heteroatoms. The molecule has 1 heterocycles. The largest absolute Gasteiger partial charge is 0.453 e. The van der Waals surface area contributed by atoms with E-state index in [1.807, 2.05) is 6.92 Å². The fourth-order valence-electron chi connectivity index (χ4n) is 5.44. The van der Waals surface area contributed by atoms with Crippen molar-refractivity contribution in [2.45, 2.75) is 45.1 Å². The van der Waals surface area contributed by atoms with Gasteiger partial charge in [0.15, 0.2) is 0 Å². The molecule has 2 amide bonds. The highest BCUT2D eigenvalue weighted by molar-refractivity contribution is 5.81. The van der Waals surface area contributed by atoms with Crippen LogP contribution < -0.4 is 5.32 Å². The number of nitrogens with zero attached hydrogens (tertiary/aromatic N) is 1. The molecule has 1 saturated heterocycles.